The highest BCUT2D eigenvalue weighted by Gasteiger charge is 2.12. The van der Waals surface area contributed by atoms with Crippen molar-refractivity contribution in [3.05, 3.63) is 231 Å². The second kappa shape index (κ2) is 16.0. The smallest absolute Gasteiger partial charge is 0.119 e. The maximum atomic E-state index is 9.87. The lowest BCUT2D eigenvalue weighted by atomic mass is 9.91. The van der Waals surface area contributed by atoms with Gasteiger partial charge in [0, 0.05) is 0 Å². The molecular weight excluding hydrogens is 765 g/mol. The Kier molecular flexibility index (Phi) is 9.60. The first-order valence-electron chi connectivity index (χ1n) is 21.4. The number of ether oxygens (including phenoxy) is 1. The number of benzene rings is 12. The van der Waals surface area contributed by atoms with Gasteiger partial charge in [0.2, 0.25) is 0 Å². The first kappa shape index (κ1) is 37.8. The molecule has 0 fully saturated rings. The first-order chi connectivity index (χ1) is 31.1. The molecule has 2 heteroatoms. The lowest BCUT2D eigenvalue weighted by Crippen LogP contribution is -1.86. The molecule has 298 valence electrons. The second-order valence-electron chi connectivity index (χ2n) is 16.1. The topological polar surface area (TPSA) is 29.5 Å². The van der Waals surface area contributed by atoms with Crippen LogP contribution in [0.4, 0.5) is 0 Å². The predicted octanol–water partition coefficient (Wildman–Crippen LogP) is 16.7. The van der Waals surface area contributed by atoms with E-state index in [1.165, 1.54) is 92.5 Å². The van der Waals surface area contributed by atoms with Crippen LogP contribution in [0.2, 0.25) is 0 Å². The van der Waals surface area contributed by atoms with Crippen LogP contribution < -0.4 is 4.74 Å². The lowest BCUT2D eigenvalue weighted by molar-refractivity contribution is 0.415. The normalized spacial score (nSPS) is 11.3. The molecule has 63 heavy (non-hydrogen) atoms. The van der Waals surface area contributed by atoms with E-state index in [1.54, 1.807) is 19.2 Å². The van der Waals surface area contributed by atoms with Gasteiger partial charge in [-0.05, 0) is 158 Å². The molecule has 12 rings (SSSR count). The van der Waals surface area contributed by atoms with Crippen LogP contribution in [0.3, 0.4) is 0 Å². The van der Waals surface area contributed by atoms with E-state index in [2.05, 4.69) is 194 Å². The quantitative estimate of drug-likeness (QED) is 0.176. The van der Waals surface area contributed by atoms with E-state index in [0.29, 0.717) is 0 Å². The highest BCUT2D eigenvalue weighted by Crippen LogP contribution is 2.40. The summed E-state index contributed by atoms with van der Waals surface area (Å²) in [7, 11) is 1.71. The maximum absolute atomic E-state index is 9.87. The molecule has 0 aliphatic carbocycles. The van der Waals surface area contributed by atoms with Crippen LogP contribution in [0.5, 0.6) is 11.5 Å². The molecule has 0 unspecified atom stereocenters. The van der Waals surface area contributed by atoms with Crippen molar-refractivity contribution in [3.8, 4) is 56.0 Å². The third-order valence-corrected chi connectivity index (χ3v) is 12.5. The number of rotatable bonds is 5. The van der Waals surface area contributed by atoms with Gasteiger partial charge >= 0.3 is 0 Å². The Morgan fingerprint density at radius 2 is 0.524 bits per heavy atom. The molecule has 2 nitrogen and oxygen atoms in total. The van der Waals surface area contributed by atoms with Crippen molar-refractivity contribution in [2.75, 3.05) is 7.11 Å². The van der Waals surface area contributed by atoms with Gasteiger partial charge in [-0.25, -0.2) is 0 Å². The van der Waals surface area contributed by atoms with E-state index in [4.69, 9.17) is 4.74 Å². The molecule has 0 heterocycles. The van der Waals surface area contributed by atoms with Crippen LogP contribution in [0.15, 0.2) is 231 Å². The summed E-state index contributed by atoms with van der Waals surface area (Å²) in [5, 5.41) is 25.4. The Bertz CT molecular complexity index is 3620. The molecule has 0 spiro atoms. The number of phenols is 1. The van der Waals surface area contributed by atoms with Crippen molar-refractivity contribution in [1.82, 2.24) is 0 Å². The fraction of sp³-hybridized carbons (Fsp3) is 0.0164. The lowest BCUT2D eigenvalue weighted by Gasteiger charge is -2.12. The Morgan fingerprint density at radius 3 is 0.889 bits per heavy atom. The number of fused-ring (bicyclic) bond motifs is 12. The average molecular weight is 807 g/mol. The molecule has 0 saturated carbocycles. The molecule has 0 aromatic heterocycles. The third kappa shape index (κ3) is 6.98. The van der Waals surface area contributed by atoms with Gasteiger partial charge in [0.15, 0.2) is 0 Å². The van der Waals surface area contributed by atoms with Crippen molar-refractivity contribution in [2.45, 2.75) is 0 Å². The summed E-state index contributed by atoms with van der Waals surface area (Å²) < 4.78 is 5.42. The van der Waals surface area contributed by atoms with Crippen molar-refractivity contribution < 1.29 is 9.84 Å². The summed E-state index contributed by atoms with van der Waals surface area (Å²) in [5.41, 5.74) is 9.24. The van der Waals surface area contributed by atoms with E-state index >= 15 is 0 Å². The van der Waals surface area contributed by atoms with E-state index in [1.807, 2.05) is 24.3 Å². The van der Waals surface area contributed by atoms with Crippen LogP contribution in [0.25, 0.3) is 109 Å². The third-order valence-electron chi connectivity index (χ3n) is 12.5. The van der Waals surface area contributed by atoms with E-state index in [9.17, 15) is 5.11 Å². The van der Waals surface area contributed by atoms with Gasteiger partial charge in [-0.1, -0.05) is 182 Å². The van der Waals surface area contributed by atoms with Gasteiger partial charge in [-0.3, -0.25) is 0 Å². The average Bonchev–Trinajstić information content (AvgIpc) is 3.36. The molecule has 1 N–H and O–H groups in total. The van der Waals surface area contributed by atoms with E-state index < -0.39 is 0 Å². The van der Waals surface area contributed by atoms with Gasteiger partial charge in [-0.15, -0.1) is 0 Å². The molecule has 12 aromatic rings. The fourth-order valence-electron chi connectivity index (χ4n) is 9.42. The van der Waals surface area contributed by atoms with Crippen LogP contribution in [-0.2, 0) is 0 Å². The first-order valence-corrected chi connectivity index (χ1v) is 21.4. The standard InChI is InChI=1S/C31H22O.C30H20O/c1-32-25-11-7-10-23(19-25)21-8-6-9-22(18-21)24-16-17-30-28-14-3-2-12-26(28)27-13-4-5-15-29(27)31(30)20-24;31-24-10-6-9-22(18-24)20-7-5-8-21(17-20)23-15-16-29-27-13-2-1-11-25(27)26-12-3-4-14-28(26)30(29)19-23/h2-20H,1H3;1-19,31H. The largest absolute Gasteiger partial charge is 0.508 e. The van der Waals surface area contributed by atoms with Crippen molar-refractivity contribution in [2.24, 2.45) is 0 Å². The molecule has 0 bridgehead atoms. The Labute approximate surface area is 366 Å². The molecule has 0 radical (unpaired) electrons. The van der Waals surface area contributed by atoms with Gasteiger partial charge < -0.3 is 9.84 Å². The summed E-state index contributed by atoms with van der Waals surface area (Å²) >= 11 is 0. The van der Waals surface area contributed by atoms with Crippen LogP contribution >= 0.6 is 0 Å². The van der Waals surface area contributed by atoms with Crippen LogP contribution in [-0.4, -0.2) is 12.2 Å². The molecular formula is C61H42O2. The van der Waals surface area contributed by atoms with Crippen molar-refractivity contribution in [1.29, 1.82) is 0 Å². The zero-order chi connectivity index (χ0) is 42.3. The van der Waals surface area contributed by atoms with Gasteiger partial charge in [0.25, 0.3) is 0 Å². The monoisotopic (exact) mass is 806 g/mol. The number of phenolic OH excluding ortho intramolecular Hbond substituents is 1. The van der Waals surface area contributed by atoms with E-state index in [-0.39, 0.29) is 5.75 Å². The highest BCUT2D eigenvalue weighted by atomic mass is 16.5. The Morgan fingerprint density at radius 1 is 0.238 bits per heavy atom. The van der Waals surface area contributed by atoms with Crippen molar-refractivity contribution >= 4 is 64.6 Å². The van der Waals surface area contributed by atoms with E-state index in [0.717, 1.165) is 22.4 Å². The summed E-state index contributed by atoms with van der Waals surface area (Å²) in [6.07, 6.45) is 0. The molecule has 0 aliphatic rings. The SMILES string of the molecule is COc1cccc(-c2cccc(-c3ccc4c5ccccc5c5ccccc5c4c3)c2)c1.Oc1cccc(-c2cccc(-c3ccc4c5ccccc5c5ccccc5c4c3)c2)c1. The Balaban J connectivity index is 0.000000141. The van der Waals surface area contributed by atoms with Crippen molar-refractivity contribution in [3.63, 3.8) is 0 Å². The summed E-state index contributed by atoms with van der Waals surface area (Å²) in [6, 6.07) is 81.3. The zero-order valence-electron chi connectivity index (χ0n) is 34.8. The predicted molar refractivity (Wildman–Crippen MR) is 268 cm³/mol. The highest BCUT2D eigenvalue weighted by molar-refractivity contribution is 6.27. The number of hydrogen-bond acceptors (Lipinski definition) is 2. The zero-order valence-corrected chi connectivity index (χ0v) is 34.8. The minimum atomic E-state index is 0.284. The second-order valence-corrected chi connectivity index (χ2v) is 16.1. The molecule has 0 saturated heterocycles. The molecule has 0 atom stereocenters. The van der Waals surface area contributed by atoms with Crippen LogP contribution in [0.1, 0.15) is 0 Å². The summed E-state index contributed by atoms with van der Waals surface area (Å²) in [5.74, 6) is 1.16. The summed E-state index contributed by atoms with van der Waals surface area (Å²) in [6.45, 7) is 0. The summed E-state index contributed by atoms with van der Waals surface area (Å²) in [4.78, 5) is 0. The van der Waals surface area contributed by atoms with Crippen LogP contribution in [0, 0.1) is 0 Å². The minimum absolute atomic E-state index is 0.284. The maximum Gasteiger partial charge on any atom is 0.119 e. The van der Waals surface area contributed by atoms with Gasteiger partial charge in [0.05, 0.1) is 7.11 Å². The Hall–Kier alpha value is -8.20. The van der Waals surface area contributed by atoms with Gasteiger partial charge in [-0.2, -0.15) is 0 Å². The fourth-order valence-corrected chi connectivity index (χ4v) is 9.42. The number of methoxy groups -OCH3 is 1. The number of hydrogen-bond donors (Lipinski definition) is 1. The van der Waals surface area contributed by atoms with Gasteiger partial charge in [0.1, 0.15) is 11.5 Å². The molecule has 12 aromatic carbocycles. The molecule has 0 aliphatic heterocycles. The minimum Gasteiger partial charge on any atom is -0.508 e. The molecule has 0 amide bonds. The number of aromatic hydroxyl groups is 1.